The Balaban J connectivity index is 2.22. The highest BCUT2D eigenvalue weighted by Gasteiger charge is 2.11. The largest absolute Gasteiger partial charge is 0.507 e. The minimum Gasteiger partial charge on any atom is -0.507 e. The molecule has 0 saturated heterocycles. The van der Waals surface area contributed by atoms with Gasteiger partial charge in [0, 0.05) is 15.7 Å². The van der Waals surface area contributed by atoms with Crippen LogP contribution in [0.5, 0.6) is 5.75 Å². The van der Waals surface area contributed by atoms with Crippen LogP contribution in [0, 0.1) is 0 Å². The molecule has 2 aromatic rings. The molecular weight excluding hydrogens is 320 g/mol. The summed E-state index contributed by atoms with van der Waals surface area (Å²) in [6.45, 7) is 0. The van der Waals surface area contributed by atoms with Crippen molar-refractivity contribution in [1.29, 1.82) is 0 Å². The number of nitrogens with one attached hydrogen (secondary N) is 1. The van der Waals surface area contributed by atoms with E-state index in [2.05, 4.69) is 26.2 Å². The first-order valence-electron chi connectivity index (χ1n) is 4.96. The first kappa shape index (κ1) is 12.9. The maximum Gasteiger partial charge on any atom is 0.259 e. The predicted octanol–water partition coefficient (Wildman–Crippen LogP) is 3.46. The van der Waals surface area contributed by atoms with Gasteiger partial charge in [0.1, 0.15) is 5.75 Å². The van der Waals surface area contributed by atoms with Crippen LogP contribution in [0.3, 0.4) is 0 Å². The molecule has 1 amide bonds. The lowest BCUT2D eigenvalue weighted by Gasteiger charge is -2.07. The number of phenolic OH excluding ortho intramolecular Hbond substituents is 1. The van der Waals surface area contributed by atoms with Gasteiger partial charge in [-0.25, -0.2) is 0 Å². The van der Waals surface area contributed by atoms with Crippen LogP contribution in [0.1, 0.15) is 10.4 Å². The van der Waals surface area contributed by atoms with Crippen molar-refractivity contribution in [3.8, 4) is 5.75 Å². The number of phenols is 1. The molecule has 0 aliphatic rings. The average Bonchev–Trinajstić information content (AvgIpc) is 2.28. The average molecular weight is 328 g/mol. The number of anilines is 1. The van der Waals surface area contributed by atoms with Crippen LogP contribution < -0.4 is 5.32 Å². The van der Waals surface area contributed by atoms with E-state index >= 15 is 0 Å². The van der Waals surface area contributed by atoms with E-state index in [9.17, 15) is 9.90 Å². The third-order valence-electron chi connectivity index (χ3n) is 2.17. The number of carbonyl (C=O) groups is 1. The molecule has 2 rings (SSSR count). The van der Waals surface area contributed by atoms with Gasteiger partial charge in [-0.05, 0) is 40.2 Å². The Morgan fingerprint density at radius 3 is 2.78 bits per heavy atom. The second kappa shape index (κ2) is 5.37. The fourth-order valence-corrected chi connectivity index (χ4v) is 1.91. The van der Waals surface area contributed by atoms with Gasteiger partial charge in [-0.3, -0.25) is 9.78 Å². The Bertz CT molecular complexity index is 604. The summed E-state index contributed by atoms with van der Waals surface area (Å²) in [7, 11) is 0. The minimum absolute atomic E-state index is 0.152. The molecule has 18 heavy (non-hydrogen) atoms. The van der Waals surface area contributed by atoms with Gasteiger partial charge < -0.3 is 10.4 Å². The number of rotatable bonds is 2. The van der Waals surface area contributed by atoms with Crippen molar-refractivity contribution in [2.45, 2.75) is 0 Å². The summed E-state index contributed by atoms with van der Waals surface area (Å²) >= 11 is 8.95. The molecule has 0 aliphatic heterocycles. The lowest BCUT2D eigenvalue weighted by atomic mass is 10.2. The number of hydrogen-bond donors (Lipinski definition) is 2. The third kappa shape index (κ3) is 3.00. The van der Waals surface area contributed by atoms with Crippen molar-refractivity contribution < 1.29 is 9.90 Å². The molecule has 0 aliphatic carbocycles. The quantitative estimate of drug-likeness (QED) is 0.888. The Morgan fingerprint density at radius 2 is 2.11 bits per heavy atom. The van der Waals surface area contributed by atoms with E-state index in [1.165, 1.54) is 24.4 Å². The van der Waals surface area contributed by atoms with Crippen molar-refractivity contribution in [2.75, 3.05) is 5.32 Å². The van der Waals surface area contributed by atoms with Crippen molar-refractivity contribution >= 4 is 39.1 Å². The van der Waals surface area contributed by atoms with Crippen molar-refractivity contribution in [3.05, 3.63) is 51.7 Å². The highest BCUT2D eigenvalue weighted by Crippen LogP contribution is 2.23. The molecule has 6 heteroatoms. The van der Waals surface area contributed by atoms with Gasteiger partial charge in [-0.2, -0.15) is 0 Å². The van der Waals surface area contributed by atoms with Crippen LogP contribution in [0.2, 0.25) is 5.02 Å². The van der Waals surface area contributed by atoms with E-state index < -0.39 is 5.91 Å². The molecule has 1 aromatic heterocycles. The molecular formula is C12H8BrClN2O2. The van der Waals surface area contributed by atoms with Crippen LogP contribution in [0.4, 0.5) is 5.69 Å². The Morgan fingerprint density at radius 1 is 1.33 bits per heavy atom. The zero-order valence-corrected chi connectivity index (χ0v) is 11.4. The van der Waals surface area contributed by atoms with Gasteiger partial charge >= 0.3 is 0 Å². The summed E-state index contributed by atoms with van der Waals surface area (Å²) in [5.74, 6) is -0.591. The monoisotopic (exact) mass is 326 g/mol. The lowest BCUT2D eigenvalue weighted by Crippen LogP contribution is -2.12. The number of pyridine rings is 1. The zero-order chi connectivity index (χ0) is 13.1. The number of nitrogens with zero attached hydrogens (tertiary/aromatic N) is 1. The van der Waals surface area contributed by atoms with Crippen molar-refractivity contribution in [3.63, 3.8) is 0 Å². The van der Waals surface area contributed by atoms with E-state index in [4.69, 9.17) is 11.6 Å². The normalized spacial score (nSPS) is 10.1. The van der Waals surface area contributed by atoms with Crippen molar-refractivity contribution in [1.82, 2.24) is 4.98 Å². The van der Waals surface area contributed by atoms with Crippen LogP contribution in [-0.4, -0.2) is 16.0 Å². The molecule has 2 N–H and O–H groups in total. The van der Waals surface area contributed by atoms with Gasteiger partial charge in [-0.1, -0.05) is 11.6 Å². The maximum absolute atomic E-state index is 11.9. The molecule has 1 heterocycles. The highest BCUT2D eigenvalue weighted by atomic mass is 79.9. The second-order valence-electron chi connectivity index (χ2n) is 3.51. The van der Waals surface area contributed by atoms with E-state index in [-0.39, 0.29) is 11.3 Å². The molecule has 0 atom stereocenters. The number of halogens is 2. The van der Waals surface area contributed by atoms with Crippen LogP contribution in [-0.2, 0) is 0 Å². The maximum atomic E-state index is 11.9. The number of hydrogen-bond acceptors (Lipinski definition) is 3. The van der Waals surface area contributed by atoms with E-state index in [0.717, 1.165) is 4.47 Å². The van der Waals surface area contributed by atoms with Crippen molar-refractivity contribution in [2.24, 2.45) is 0 Å². The molecule has 4 nitrogen and oxygen atoms in total. The lowest BCUT2D eigenvalue weighted by molar-refractivity contribution is 0.102. The Hall–Kier alpha value is -1.59. The second-order valence-corrected chi connectivity index (χ2v) is 4.86. The zero-order valence-electron chi connectivity index (χ0n) is 9.02. The predicted molar refractivity (Wildman–Crippen MR) is 73.0 cm³/mol. The standard InChI is InChI=1S/C12H8BrClN2O2/c13-7-3-9(6-15-5-7)16-12(18)10-2-1-8(14)4-11(10)17/h1-6,17H,(H,16,18). The Labute approximate surface area is 117 Å². The number of aromatic hydroxyl groups is 1. The van der Waals surface area contributed by atoms with Crippen LogP contribution in [0.15, 0.2) is 41.1 Å². The third-order valence-corrected chi connectivity index (χ3v) is 2.84. The fraction of sp³-hybridized carbons (Fsp3) is 0. The fourth-order valence-electron chi connectivity index (χ4n) is 1.38. The molecule has 0 unspecified atom stereocenters. The van der Waals surface area contributed by atoms with Gasteiger partial charge in [0.05, 0.1) is 17.4 Å². The minimum atomic E-state index is -0.427. The van der Waals surface area contributed by atoms with E-state index in [1.807, 2.05) is 0 Å². The number of amides is 1. The van der Waals surface area contributed by atoms with E-state index in [1.54, 1.807) is 12.3 Å². The van der Waals surface area contributed by atoms with Gasteiger partial charge in [0.2, 0.25) is 0 Å². The van der Waals surface area contributed by atoms with Gasteiger partial charge in [0.15, 0.2) is 0 Å². The summed E-state index contributed by atoms with van der Waals surface area (Å²) in [4.78, 5) is 15.8. The summed E-state index contributed by atoms with van der Waals surface area (Å²) in [5, 5.41) is 12.6. The molecule has 0 bridgehead atoms. The summed E-state index contributed by atoms with van der Waals surface area (Å²) in [6.07, 6.45) is 3.12. The highest BCUT2D eigenvalue weighted by molar-refractivity contribution is 9.10. The summed E-state index contributed by atoms with van der Waals surface area (Å²) < 4.78 is 0.751. The molecule has 0 saturated carbocycles. The summed E-state index contributed by atoms with van der Waals surface area (Å²) in [6, 6.07) is 6.02. The molecule has 92 valence electrons. The number of aromatic nitrogens is 1. The first-order chi connectivity index (χ1) is 8.56. The number of carbonyl (C=O) groups excluding carboxylic acids is 1. The SMILES string of the molecule is O=C(Nc1cncc(Br)c1)c1ccc(Cl)cc1O. The topological polar surface area (TPSA) is 62.2 Å². The molecule has 0 radical (unpaired) electrons. The van der Waals surface area contributed by atoms with Crippen LogP contribution >= 0.6 is 27.5 Å². The van der Waals surface area contributed by atoms with Crippen LogP contribution in [0.25, 0.3) is 0 Å². The number of benzene rings is 1. The molecule has 0 spiro atoms. The molecule has 0 fully saturated rings. The molecule has 1 aromatic carbocycles. The first-order valence-corrected chi connectivity index (χ1v) is 6.14. The summed E-state index contributed by atoms with van der Waals surface area (Å²) in [5.41, 5.74) is 0.683. The van der Waals surface area contributed by atoms with Gasteiger partial charge in [0.25, 0.3) is 5.91 Å². The van der Waals surface area contributed by atoms with Gasteiger partial charge in [-0.15, -0.1) is 0 Å². The van der Waals surface area contributed by atoms with E-state index in [0.29, 0.717) is 10.7 Å². The smallest absolute Gasteiger partial charge is 0.259 e. The Kier molecular flexibility index (Phi) is 3.84.